The summed E-state index contributed by atoms with van der Waals surface area (Å²) >= 11 is 1.13. The number of carbonyl (C=O) groups is 2. The van der Waals surface area contributed by atoms with Crippen molar-refractivity contribution < 1.29 is 24.2 Å². The maximum atomic E-state index is 12.7. The zero-order valence-corrected chi connectivity index (χ0v) is 19.6. The molecule has 0 saturated heterocycles. The highest BCUT2D eigenvalue weighted by molar-refractivity contribution is 7.00. The molecule has 3 aromatic carbocycles. The average molecular weight is 489 g/mol. The Hall–Kier alpha value is -4.44. The van der Waals surface area contributed by atoms with E-state index in [-0.39, 0.29) is 5.69 Å². The van der Waals surface area contributed by atoms with E-state index in [1.165, 1.54) is 7.11 Å². The van der Waals surface area contributed by atoms with Gasteiger partial charge >= 0.3 is 12.1 Å². The number of nitrogens with one attached hydrogen (secondary N) is 1. The second-order valence-corrected chi connectivity index (χ2v) is 8.28. The van der Waals surface area contributed by atoms with Crippen LogP contribution in [0.1, 0.15) is 16.1 Å². The van der Waals surface area contributed by atoms with Gasteiger partial charge in [0.25, 0.3) is 0 Å². The van der Waals surface area contributed by atoms with Gasteiger partial charge in [0.05, 0.1) is 25.9 Å². The largest absolute Gasteiger partial charge is 0.496 e. The normalized spacial score (nSPS) is 11.0. The lowest BCUT2D eigenvalue weighted by Gasteiger charge is -2.11. The zero-order valence-electron chi connectivity index (χ0n) is 18.8. The van der Waals surface area contributed by atoms with Gasteiger partial charge in [-0.15, -0.1) is 0 Å². The van der Waals surface area contributed by atoms with E-state index in [9.17, 15) is 14.7 Å². The van der Waals surface area contributed by atoms with E-state index in [0.717, 1.165) is 28.3 Å². The van der Waals surface area contributed by atoms with Gasteiger partial charge in [0, 0.05) is 34.3 Å². The van der Waals surface area contributed by atoms with Crippen LogP contribution >= 0.6 is 11.7 Å². The Kier molecular flexibility index (Phi) is 5.79. The molecule has 0 bridgehead atoms. The SMILES string of the molecule is COC(=O)Nc1ccc2c(c1)c(-c1ccccc1OC)c(C(=O)O)n2Cc1ccc2nsnc2c1. The molecule has 0 atom stereocenters. The van der Waals surface area contributed by atoms with Crippen molar-refractivity contribution in [1.29, 1.82) is 0 Å². The highest BCUT2D eigenvalue weighted by atomic mass is 32.1. The lowest BCUT2D eigenvalue weighted by molar-refractivity contribution is 0.0687. The predicted molar refractivity (Wildman–Crippen MR) is 133 cm³/mol. The molecule has 5 rings (SSSR count). The van der Waals surface area contributed by atoms with Crippen LogP contribution in [0.5, 0.6) is 5.75 Å². The molecule has 5 aromatic rings. The number of amides is 1. The van der Waals surface area contributed by atoms with Gasteiger partial charge in [-0.25, -0.2) is 9.59 Å². The topological polar surface area (TPSA) is 116 Å². The average Bonchev–Trinajstić information content (AvgIpc) is 3.46. The minimum atomic E-state index is -1.08. The van der Waals surface area contributed by atoms with E-state index in [1.54, 1.807) is 35.9 Å². The fourth-order valence-corrected chi connectivity index (χ4v) is 4.74. The van der Waals surface area contributed by atoms with Crippen molar-refractivity contribution in [3.63, 3.8) is 0 Å². The third-order valence-electron chi connectivity index (χ3n) is 5.73. The molecular weight excluding hydrogens is 468 g/mol. The van der Waals surface area contributed by atoms with Gasteiger partial charge in [0.1, 0.15) is 22.5 Å². The van der Waals surface area contributed by atoms with Crippen LogP contribution in [0.3, 0.4) is 0 Å². The minimum absolute atomic E-state index is 0.108. The molecule has 1 amide bonds. The number of hydrogen-bond donors (Lipinski definition) is 2. The fraction of sp³-hybridized carbons (Fsp3) is 0.120. The van der Waals surface area contributed by atoms with E-state index in [1.807, 2.05) is 36.4 Å². The second kappa shape index (κ2) is 9.07. The van der Waals surface area contributed by atoms with E-state index in [0.29, 0.717) is 40.0 Å². The van der Waals surface area contributed by atoms with E-state index in [2.05, 4.69) is 14.1 Å². The summed E-state index contributed by atoms with van der Waals surface area (Å²) in [6.45, 7) is 0.296. The second-order valence-electron chi connectivity index (χ2n) is 7.75. The molecule has 2 aromatic heterocycles. The number of aromatic nitrogens is 3. The van der Waals surface area contributed by atoms with Crippen LogP contribution in [-0.2, 0) is 11.3 Å². The summed E-state index contributed by atoms with van der Waals surface area (Å²) in [5.41, 5.74) is 4.84. The maximum absolute atomic E-state index is 12.7. The highest BCUT2D eigenvalue weighted by Crippen LogP contribution is 2.41. The van der Waals surface area contributed by atoms with E-state index < -0.39 is 12.1 Å². The molecule has 9 nitrogen and oxygen atoms in total. The number of fused-ring (bicyclic) bond motifs is 2. The number of para-hydroxylation sites is 1. The monoisotopic (exact) mass is 488 g/mol. The predicted octanol–water partition coefficient (Wildman–Crippen LogP) is 5.25. The molecule has 0 saturated carbocycles. The number of methoxy groups -OCH3 is 2. The standard InChI is InChI=1S/C25H20N4O5S/c1-33-21-6-4-3-5-16(21)22-17-12-15(26-25(32)34-2)8-10-20(17)29(23(22)24(30)31)13-14-7-9-18-19(11-14)28-35-27-18/h3-12H,13H2,1-2H3,(H,26,32)(H,30,31). The van der Waals surface area contributed by atoms with Gasteiger partial charge in [-0.2, -0.15) is 8.75 Å². The summed E-state index contributed by atoms with van der Waals surface area (Å²) in [7, 11) is 2.82. The third-order valence-corrected chi connectivity index (χ3v) is 6.29. The highest BCUT2D eigenvalue weighted by Gasteiger charge is 2.26. The number of aromatic carboxylic acids is 1. The van der Waals surface area contributed by atoms with Gasteiger partial charge in [-0.05, 0) is 42.0 Å². The number of carboxylic acids is 1. The minimum Gasteiger partial charge on any atom is -0.496 e. The van der Waals surface area contributed by atoms with Gasteiger partial charge in [0.2, 0.25) is 0 Å². The molecular formula is C25H20N4O5S. The summed E-state index contributed by atoms with van der Waals surface area (Å²) in [6.07, 6.45) is -0.619. The van der Waals surface area contributed by atoms with Crippen molar-refractivity contribution in [2.45, 2.75) is 6.54 Å². The molecule has 2 N–H and O–H groups in total. The lowest BCUT2D eigenvalue weighted by Crippen LogP contribution is -2.11. The summed E-state index contributed by atoms with van der Waals surface area (Å²) in [4.78, 5) is 24.5. The number of carboxylic acid groups (broad SMARTS) is 1. The van der Waals surface area contributed by atoms with Gasteiger partial charge < -0.3 is 19.1 Å². The first-order valence-corrected chi connectivity index (χ1v) is 11.3. The number of nitrogens with zero attached hydrogens (tertiary/aromatic N) is 3. The van der Waals surface area contributed by atoms with E-state index >= 15 is 0 Å². The quantitative estimate of drug-likeness (QED) is 0.335. The Bertz CT molecular complexity index is 1590. The van der Waals surface area contributed by atoms with Crippen molar-refractivity contribution in [3.8, 4) is 16.9 Å². The van der Waals surface area contributed by atoms with Crippen LogP contribution in [-0.4, -0.2) is 44.7 Å². The van der Waals surface area contributed by atoms with Gasteiger partial charge in [-0.1, -0.05) is 24.3 Å². The number of anilines is 1. The first kappa shape index (κ1) is 22.4. The lowest BCUT2D eigenvalue weighted by atomic mass is 10.0. The summed E-state index contributed by atoms with van der Waals surface area (Å²) < 4.78 is 20.6. The van der Waals surface area contributed by atoms with Gasteiger partial charge in [0.15, 0.2) is 0 Å². The van der Waals surface area contributed by atoms with Crippen LogP contribution in [0.4, 0.5) is 10.5 Å². The van der Waals surface area contributed by atoms with Crippen molar-refractivity contribution in [2.24, 2.45) is 0 Å². The Labute approximate surface area is 203 Å². The van der Waals surface area contributed by atoms with Crippen molar-refractivity contribution in [1.82, 2.24) is 13.3 Å². The number of ether oxygens (including phenoxy) is 2. The van der Waals surface area contributed by atoms with Crippen molar-refractivity contribution >= 4 is 51.4 Å². The van der Waals surface area contributed by atoms with Crippen molar-refractivity contribution in [2.75, 3.05) is 19.5 Å². The summed E-state index contributed by atoms with van der Waals surface area (Å²) in [5.74, 6) is -0.545. The molecule has 10 heteroatoms. The fourth-order valence-electron chi connectivity index (χ4n) is 4.22. The molecule has 0 fully saturated rings. The number of rotatable bonds is 6. The van der Waals surface area contributed by atoms with E-state index in [4.69, 9.17) is 9.47 Å². The molecule has 0 aliphatic rings. The third kappa shape index (κ3) is 4.04. The molecule has 0 spiro atoms. The molecule has 176 valence electrons. The van der Waals surface area contributed by atoms with Crippen LogP contribution in [0, 0.1) is 0 Å². The Morgan fingerprint density at radius 2 is 1.83 bits per heavy atom. The molecule has 0 unspecified atom stereocenters. The van der Waals surface area contributed by atoms with Crippen LogP contribution in [0.15, 0.2) is 60.7 Å². The van der Waals surface area contributed by atoms with Crippen LogP contribution < -0.4 is 10.1 Å². The van der Waals surface area contributed by atoms with Crippen molar-refractivity contribution in [3.05, 3.63) is 71.9 Å². The molecule has 0 radical (unpaired) electrons. The molecule has 2 heterocycles. The maximum Gasteiger partial charge on any atom is 0.411 e. The van der Waals surface area contributed by atoms with Crippen LogP contribution in [0.25, 0.3) is 33.1 Å². The zero-order chi connectivity index (χ0) is 24.5. The number of hydrogen-bond acceptors (Lipinski definition) is 7. The van der Waals surface area contributed by atoms with Gasteiger partial charge in [-0.3, -0.25) is 5.32 Å². The molecule has 0 aliphatic carbocycles. The number of carbonyl (C=O) groups excluding carboxylic acids is 1. The molecule has 35 heavy (non-hydrogen) atoms. The Balaban J connectivity index is 1.77. The van der Waals surface area contributed by atoms with Crippen LogP contribution in [0.2, 0.25) is 0 Å². The number of benzene rings is 3. The smallest absolute Gasteiger partial charge is 0.411 e. The Morgan fingerprint density at radius 3 is 2.60 bits per heavy atom. The first-order chi connectivity index (χ1) is 17.0. The first-order valence-electron chi connectivity index (χ1n) is 10.6. The molecule has 0 aliphatic heterocycles. The summed E-state index contributed by atoms with van der Waals surface area (Å²) in [5, 5.41) is 13.7. The summed E-state index contributed by atoms with van der Waals surface area (Å²) in [6, 6.07) is 18.2. The Morgan fingerprint density at radius 1 is 1.03 bits per heavy atom.